The maximum atomic E-state index is 13.8. The van der Waals surface area contributed by atoms with Crippen molar-refractivity contribution in [2.24, 2.45) is 0 Å². The van der Waals surface area contributed by atoms with Crippen LogP contribution in [0.2, 0.25) is 0 Å². The first-order valence-corrected chi connectivity index (χ1v) is 9.60. The summed E-state index contributed by atoms with van der Waals surface area (Å²) in [5.41, 5.74) is 0.409. The highest BCUT2D eigenvalue weighted by molar-refractivity contribution is 5.94. The van der Waals surface area contributed by atoms with Gasteiger partial charge in [0.15, 0.2) is 0 Å². The Kier molecular flexibility index (Phi) is 5.38. The molecule has 0 fully saturated rings. The maximum Gasteiger partial charge on any atom is 0.433 e. The Hall–Kier alpha value is -3.43. The van der Waals surface area contributed by atoms with E-state index in [0.717, 1.165) is 18.3 Å². The fourth-order valence-corrected chi connectivity index (χ4v) is 3.51. The zero-order valence-electron chi connectivity index (χ0n) is 16.4. The van der Waals surface area contributed by atoms with Crippen molar-refractivity contribution in [1.29, 1.82) is 0 Å². The number of amides is 1. The van der Waals surface area contributed by atoms with E-state index in [2.05, 4.69) is 15.4 Å². The molecule has 0 saturated carbocycles. The summed E-state index contributed by atoms with van der Waals surface area (Å²) in [6.45, 7) is 2.58. The van der Waals surface area contributed by atoms with Crippen LogP contribution in [0.1, 0.15) is 41.1 Å². The van der Waals surface area contributed by atoms with Gasteiger partial charge in [-0.3, -0.25) is 14.5 Å². The normalized spacial score (nSPS) is 15.6. The quantitative estimate of drug-likeness (QED) is 0.606. The Bertz CT molecular complexity index is 1130. The molecule has 1 amide bonds. The number of alkyl halides is 3. The number of benzene rings is 1. The van der Waals surface area contributed by atoms with Crippen LogP contribution in [0.5, 0.6) is 5.75 Å². The largest absolute Gasteiger partial charge is 0.494 e. The summed E-state index contributed by atoms with van der Waals surface area (Å²) < 4.78 is 59.6. The number of rotatable bonds is 5. The van der Waals surface area contributed by atoms with Gasteiger partial charge in [0.2, 0.25) is 0 Å². The minimum Gasteiger partial charge on any atom is -0.494 e. The molecule has 0 saturated heterocycles. The number of ether oxygens (including phenoxy) is 1. The molecule has 3 aromatic rings. The second-order valence-corrected chi connectivity index (χ2v) is 7.03. The first-order chi connectivity index (χ1) is 14.7. The number of aromatic nitrogens is 3. The SMILES string of the molecule is CCOc1cc(F)cc(C(=O)NC2CCn3nc(-c4ccnc(C(F)(F)F)c4)cc32)c1. The molecule has 2 aromatic heterocycles. The highest BCUT2D eigenvalue weighted by Gasteiger charge is 2.33. The number of nitrogens with one attached hydrogen (secondary N) is 1. The minimum absolute atomic E-state index is 0.116. The maximum absolute atomic E-state index is 13.8. The van der Waals surface area contributed by atoms with Gasteiger partial charge >= 0.3 is 6.18 Å². The van der Waals surface area contributed by atoms with E-state index in [1.807, 2.05) is 0 Å². The van der Waals surface area contributed by atoms with Crippen LogP contribution in [0.15, 0.2) is 42.6 Å². The second-order valence-electron chi connectivity index (χ2n) is 7.03. The monoisotopic (exact) mass is 434 g/mol. The van der Waals surface area contributed by atoms with Gasteiger partial charge in [-0.2, -0.15) is 18.3 Å². The fourth-order valence-electron chi connectivity index (χ4n) is 3.51. The fraction of sp³-hybridized carbons (Fsp3) is 0.286. The summed E-state index contributed by atoms with van der Waals surface area (Å²) in [6.07, 6.45) is -2.91. The number of fused-ring (bicyclic) bond motifs is 1. The highest BCUT2D eigenvalue weighted by atomic mass is 19.4. The van der Waals surface area contributed by atoms with Crippen LogP contribution >= 0.6 is 0 Å². The summed E-state index contributed by atoms with van der Waals surface area (Å²) in [5.74, 6) is -0.817. The lowest BCUT2D eigenvalue weighted by molar-refractivity contribution is -0.141. The number of aryl methyl sites for hydroxylation is 1. The van der Waals surface area contributed by atoms with Crippen molar-refractivity contribution in [2.45, 2.75) is 32.1 Å². The smallest absolute Gasteiger partial charge is 0.433 e. The molecule has 31 heavy (non-hydrogen) atoms. The molecule has 4 rings (SSSR count). The van der Waals surface area contributed by atoms with Crippen molar-refractivity contribution >= 4 is 5.91 Å². The predicted molar refractivity (Wildman–Crippen MR) is 103 cm³/mol. The topological polar surface area (TPSA) is 69.0 Å². The van der Waals surface area contributed by atoms with Gasteiger partial charge in [-0.05, 0) is 43.7 Å². The second kappa shape index (κ2) is 8.01. The lowest BCUT2D eigenvalue weighted by Crippen LogP contribution is -2.27. The van der Waals surface area contributed by atoms with Gasteiger partial charge < -0.3 is 10.1 Å². The number of carbonyl (C=O) groups is 1. The van der Waals surface area contributed by atoms with Gasteiger partial charge in [-0.25, -0.2) is 4.39 Å². The molecule has 10 heteroatoms. The number of pyridine rings is 1. The lowest BCUT2D eigenvalue weighted by atomic mass is 10.1. The van der Waals surface area contributed by atoms with Gasteiger partial charge in [0.1, 0.15) is 17.3 Å². The summed E-state index contributed by atoms with van der Waals surface area (Å²) in [7, 11) is 0. The summed E-state index contributed by atoms with van der Waals surface area (Å²) in [5, 5.41) is 7.19. The van der Waals surface area contributed by atoms with E-state index in [1.165, 1.54) is 18.2 Å². The average molecular weight is 434 g/mol. The van der Waals surface area contributed by atoms with E-state index in [1.54, 1.807) is 17.7 Å². The Morgan fingerprint density at radius 1 is 1.26 bits per heavy atom. The number of hydrogen-bond donors (Lipinski definition) is 1. The molecule has 1 N–H and O–H groups in total. The van der Waals surface area contributed by atoms with Crippen molar-refractivity contribution in [1.82, 2.24) is 20.1 Å². The van der Waals surface area contributed by atoms with E-state index < -0.39 is 29.6 Å². The van der Waals surface area contributed by atoms with Gasteiger partial charge in [0, 0.05) is 29.9 Å². The van der Waals surface area contributed by atoms with Gasteiger partial charge in [-0.15, -0.1) is 0 Å². The first-order valence-electron chi connectivity index (χ1n) is 9.60. The Morgan fingerprint density at radius 2 is 2.06 bits per heavy atom. The predicted octanol–water partition coefficient (Wildman–Crippen LogP) is 4.38. The van der Waals surface area contributed by atoms with E-state index >= 15 is 0 Å². The number of hydrogen-bond acceptors (Lipinski definition) is 4. The van der Waals surface area contributed by atoms with E-state index in [9.17, 15) is 22.4 Å². The Balaban J connectivity index is 1.55. The molecule has 162 valence electrons. The molecule has 0 bridgehead atoms. The molecule has 1 unspecified atom stereocenters. The summed E-state index contributed by atoms with van der Waals surface area (Å²) >= 11 is 0. The zero-order valence-corrected chi connectivity index (χ0v) is 16.4. The van der Waals surface area contributed by atoms with Gasteiger partial charge in [0.05, 0.1) is 24.0 Å². The van der Waals surface area contributed by atoms with Crippen LogP contribution in [0, 0.1) is 5.82 Å². The highest BCUT2D eigenvalue weighted by Crippen LogP contribution is 2.33. The molecule has 1 aliphatic heterocycles. The molecular formula is C21H18F4N4O2. The van der Waals surface area contributed by atoms with Crippen molar-refractivity contribution < 1.29 is 27.1 Å². The number of nitrogens with zero attached hydrogens (tertiary/aromatic N) is 3. The van der Waals surface area contributed by atoms with E-state index in [-0.39, 0.29) is 16.9 Å². The first kappa shape index (κ1) is 20.8. The van der Waals surface area contributed by atoms with Crippen molar-refractivity contribution in [3.05, 3.63) is 65.4 Å². The van der Waals surface area contributed by atoms with Crippen molar-refractivity contribution in [2.75, 3.05) is 6.61 Å². The van der Waals surface area contributed by atoms with Gasteiger partial charge in [-0.1, -0.05) is 0 Å². The van der Waals surface area contributed by atoms with Crippen LogP contribution in [0.3, 0.4) is 0 Å². The third-order valence-corrected chi connectivity index (χ3v) is 4.89. The molecule has 1 atom stereocenters. The molecule has 0 aliphatic carbocycles. The Labute approximate surface area is 174 Å². The van der Waals surface area contributed by atoms with Crippen LogP contribution < -0.4 is 10.1 Å². The molecule has 0 radical (unpaired) electrons. The number of carbonyl (C=O) groups excluding carboxylic acids is 1. The minimum atomic E-state index is -4.56. The average Bonchev–Trinajstić information content (AvgIpc) is 3.29. The van der Waals surface area contributed by atoms with E-state index in [4.69, 9.17) is 4.74 Å². The summed E-state index contributed by atoms with van der Waals surface area (Å²) in [6, 6.07) is 7.39. The third kappa shape index (κ3) is 4.37. The van der Waals surface area contributed by atoms with E-state index in [0.29, 0.717) is 31.0 Å². The molecule has 3 heterocycles. The molecule has 6 nitrogen and oxygen atoms in total. The van der Waals surface area contributed by atoms with Crippen molar-refractivity contribution in [3.63, 3.8) is 0 Å². The Morgan fingerprint density at radius 3 is 2.81 bits per heavy atom. The number of halogens is 4. The molecule has 1 aliphatic rings. The van der Waals surface area contributed by atoms with Crippen LogP contribution in [0.4, 0.5) is 17.6 Å². The zero-order chi connectivity index (χ0) is 22.2. The summed E-state index contributed by atoms with van der Waals surface area (Å²) in [4.78, 5) is 16.0. The van der Waals surface area contributed by atoms with Crippen LogP contribution in [0.25, 0.3) is 11.3 Å². The van der Waals surface area contributed by atoms with Crippen LogP contribution in [-0.2, 0) is 12.7 Å². The van der Waals surface area contributed by atoms with Crippen LogP contribution in [-0.4, -0.2) is 27.3 Å². The molecular weight excluding hydrogens is 416 g/mol. The van der Waals surface area contributed by atoms with Gasteiger partial charge in [0.25, 0.3) is 5.91 Å². The third-order valence-electron chi connectivity index (χ3n) is 4.89. The molecule has 1 aromatic carbocycles. The molecule has 0 spiro atoms. The lowest BCUT2D eigenvalue weighted by Gasteiger charge is -2.13. The standard InChI is InChI=1S/C21H18F4N4O2/c1-2-31-15-8-13(7-14(22)10-15)20(30)27-16-4-6-29-18(16)11-17(28-29)12-3-5-26-19(9-12)21(23,24)25/h3,5,7-11,16H,2,4,6H2,1H3,(H,27,30). The van der Waals surface area contributed by atoms with Crippen molar-refractivity contribution in [3.8, 4) is 17.0 Å².